The van der Waals surface area contributed by atoms with Gasteiger partial charge in [0.05, 0.1) is 13.2 Å². The van der Waals surface area contributed by atoms with E-state index in [0.717, 1.165) is 23.8 Å². The molecule has 0 saturated carbocycles. The quantitative estimate of drug-likeness (QED) is 0.138. The van der Waals surface area contributed by atoms with Crippen molar-refractivity contribution in [3.05, 3.63) is 77.4 Å². The fourth-order valence-electron chi connectivity index (χ4n) is 3.28. The molecule has 0 aliphatic rings. The van der Waals surface area contributed by atoms with Crippen LogP contribution in [0.1, 0.15) is 49.3 Å². The largest absolute Gasteiger partial charge is 0.466 e. The van der Waals surface area contributed by atoms with Crippen LogP contribution in [0.4, 0.5) is 17.6 Å². The number of unbranched alkanes of at least 4 members (excludes halogenated alkanes) is 2. The average Bonchev–Trinajstić information content (AvgIpc) is 2.78. The predicted molar refractivity (Wildman–Crippen MR) is 121 cm³/mol. The van der Waals surface area contributed by atoms with Gasteiger partial charge in [0, 0.05) is 13.0 Å². The Labute approximate surface area is 201 Å². The number of rotatable bonds is 14. The first kappa shape index (κ1) is 27.9. The molecule has 2 rings (SSSR count). The van der Waals surface area contributed by atoms with Gasteiger partial charge in [0.15, 0.2) is 0 Å². The molecular weight excluding hydrogens is 468 g/mol. The maximum absolute atomic E-state index is 14.6. The lowest BCUT2D eigenvalue weighted by Gasteiger charge is -2.20. The van der Waals surface area contributed by atoms with Gasteiger partial charge in [-0.3, -0.25) is 4.79 Å². The minimum absolute atomic E-state index is 0.175. The molecule has 0 radical (unpaired) electrons. The Morgan fingerprint density at radius 2 is 1.43 bits per heavy atom. The highest BCUT2D eigenvalue weighted by atomic mass is 19.3. The second kappa shape index (κ2) is 13.5. The normalized spacial score (nSPS) is 11.1. The van der Waals surface area contributed by atoms with Gasteiger partial charge in [-0.25, -0.2) is 13.6 Å². The number of benzene rings is 2. The Morgan fingerprint density at radius 3 is 1.97 bits per heavy atom. The third-order valence-electron chi connectivity index (χ3n) is 5.00. The fourth-order valence-corrected chi connectivity index (χ4v) is 3.28. The van der Waals surface area contributed by atoms with Gasteiger partial charge in [-0.1, -0.05) is 18.7 Å². The summed E-state index contributed by atoms with van der Waals surface area (Å²) in [5.74, 6) is -3.97. The number of carbonyl (C=O) groups is 2. The second-order valence-electron chi connectivity index (χ2n) is 7.82. The Hall–Kier alpha value is -3.36. The first-order chi connectivity index (χ1) is 16.6. The van der Waals surface area contributed by atoms with Crippen LogP contribution in [0.5, 0.6) is 5.75 Å². The smallest absolute Gasteiger partial charge is 0.432 e. The van der Waals surface area contributed by atoms with Crippen molar-refractivity contribution in [1.82, 2.24) is 0 Å². The van der Waals surface area contributed by atoms with Crippen LogP contribution in [0.15, 0.2) is 49.1 Å². The highest BCUT2D eigenvalue weighted by molar-refractivity contribution is 5.81. The summed E-state index contributed by atoms with van der Waals surface area (Å²) in [6.45, 7) is 5.00. The molecule has 2 aromatic rings. The minimum atomic E-state index is -4.22. The topological polar surface area (TPSA) is 61.8 Å². The zero-order valence-electron chi connectivity index (χ0n) is 19.5. The summed E-state index contributed by atoms with van der Waals surface area (Å²) in [6, 6.07) is 7.47. The second-order valence-corrected chi connectivity index (χ2v) is 7.82. The minimum Gasteiger partial charge on any atom is -0.466 e. The van der Waals surface area contributed by atoms with Crippen LogP contribution in [0.3, 0.4) is 0 Å². The Kier molecular flexibility index (Phi) is 10.8. The van der Waals surface area contributed by atoms with E-state index >= 15 is 0 Å². The molecule has 0 spiro atoms. The van der Waals surface area contributed by atoms with Gasteiger partial charge in [-0.15, -0.1) is 0 Å². The first-order valence-electron chi connectivity index (χ1n) is 11.2. The van der Waals surface area contributed by atoms with Crippen molar-refractivity contribution in [2.75, 3.05) is 13.2 Å². The summed E-state index contributed by atoms with van der Waals surface area (Å²) in [5.41, 5.74) is -0.406. The number of ether oxygens (including phenoxy) is 3. The number of hydrogen-bond donors (Lipinski definition) is 0. The average molecular weight is 496 g/mol. The number of carbonyl (C=O) groups excluding carboxylic acids is 2. The van der Waals surface area contributed by atoms with Gasteiger partial charge in [0.25, 0.3) is 0 Å². The van der Waals surface area contributed by atoms with E-state index in [1.807, 2.05) is 0 Å². The van der Waals surface area contributed by atoms with Gasteiger partial charge >= 0.3 is 18.0 Å². The third-order valence-corrected chi connectivity index (χ3v) is 5.00. The highest BCUT2D eigenvalue weighted by Crippen LogP contribution is 2.35. The van der Waals surface area contributed by atoms with E-state index in [4.69, 9.17) is 9.47 Å². The number of alkyl halides is 2. The lowest BCUT2D eigenvalue weighted by Crippen LogP contribution is -2.25. The van der Waals surface area contributed by atoms with Crippen molar-refractivity contribution in [2.45, 2.75) is 51.6 Å². The number of esters is 2. The summed E-state index contributed by atoms with van der Waals surface area (Å²) in [6.07, 6.45) is -0.0271. The van der Waals surface area contributed by atoms with E-state index in [-0.39, 0.29) is 30.9 Å². The zero-order valence-corrected chi connectivity index (χ0v) is 19.5. The van der Waals surface area contributed by atoms with Crippen molar-refractivity contribution in [1.29, 1.82) is 0 Å². The molecule has 0 bridgehead atoms. The van der Waals surface area contributed by atoms with Crippen LogP contribution in [0.25, 0.3) is 0 Å². The molecule has 2 aromatic carbocycles. The van der Waals surface area contributed by atoms with Crippen LogP contribution in [-0.4, -0.2) is 25.2 Å². The van der Waals surface area contributed by atoms with Crippen molar-refractivity contribution in [2.24, 2.45) is 0 Å². The lowest BCUT2D eigenvalue weighted by atomic mass is 10.0. The Bertz CT molecular complexity index is 982. The van der Waals surface area contributed by atoms with Crippen molar-refractivity contribution < 1.29 is 41.4 Å². The molecule has 0 heterocycles. The summed E-state index contributed by atoms with van der Waals surface area (Å²) < 4.78 is 72.3. The SMILES string of the molecule is C=CC(=O)OCCCCc1ccc(OC(F)(F)c2c(F)cc(CCCCOC(C)=O)cc2F)cc1. The zero-order chi connectivity index (χ0) is 25.8. The van der Waals surface area contributed by atoms with E-state index in [0.29, 0.717) is 32.1 Å². The third kappa shape index (κ3) is 9.42. The van der Waals surface area contributed by atoms with Crippen LogP contribution in [-0.2, 0) is 38.0 Å². The number of halogens is 4. The summed E-state index contributed by atoms with van der Waals surface area (Å²) >= 11 is 0. The molecule has 190 valence electrons. The molecule has 0 aromatic heterocycles. The fraction of sp³-hybridized carbons (Fsp3) is 0.385. The Balaban J connectivity index is 1.92. The highest BCUT2D eigenvalue weighted by Gasteiger charge is 2.41. The van der Waals surface area contributed by atoms with Crippen LogP contribution in [0.2, 0.25) is 0 Å². The molecule has 5 nitrogen and oxygen atoms in total. The first-order valence-corrected chi connectivity index (χ1v) is 11.2. The monoisotopic (exact) mass is 496 g/mol. The molecule has 0 amide bonds. The van der Waals surface area contributed by atoms with Gasteiger partial charge < -0.3 is 14.2 Å². The van der Waals surface area contributed by atoms with Gasteiger partial charge in [0.2, 0.25) is 0 Å². The van der Waals surface area contributed by atoms with Crippen molar-refractivity contribution in [3.8, 4) is 5.75 Å². The van der Waals surface area contributed by atoms with Crippen LogP contribution >= 0.6 is 0 Å². The molecule has 0 N–H and O–H groups in total. The van der Waals surface area contributed by atoms with Crippen LogP contribution < -0.4 is 4.74 Å². The van der Waals surface area contributed by atoms with Gasteiger partial charge in [-0.2, -0.15) is 8.78 Å². The predicted octanol–water partition coefficient (Wildman–Crippen LogP) is 6.03. The van der Waals surface area contributed by atoms with Gasteiger partial charge in [-0.05, 0) is 73.9 Å². The maximum Gasteiger partial charge on any atom is 0.432 e. The van der Waals surface area contributed by atoms with Crippen LogP contribution in [0, 0.1) is 11.6 Å². The van der Waals surface area contributed by atoms with Crippen molar-refractivity contribution in [3.63, 3.8) is 0 Å². The van der Waals surface area contributed by atoms with Crippen molar-refractivity contribution >= 4 is 11.9 Å². The van der Waals surface area contributed by atoms with E-state index in [9.17, 15) is 27.2 Å². The van der Waals surface area contributed by atoms with Gasteiger partial charge in [0.1, 0.15) is 22.9 Å². The van der Waals surface area contributed by atoms with E-state index in [2.05, 4.69) is 11.3 Å². The molecule has 0 atom stereocenters. The molecule has 0 saturated heterocycles. The lowest BCUT2D eigenvalue weighted by molar-refractivity contribution is -0.189. The number of hydrogen-bond acceptors (Lipinski definition) is 5. The van der Waals surface area contributed by atoms with E-state index < -0.39 is 35.2 Å². The summed E-state index contributed by atoms with van der Waals surface area (Å²) in [7, 11) is 0. The van der Waals surface area contributed by atoms with E-state index in [1.54, 1.807) is 12.1 Å². The summed E-state index contributed by atoms with van der Waals surface area (Å²) in [5, 5.41) is 0. The molecule has 0 unspecified atom stereocenters. The molecular formula is C26H28F4O5. The Morgan fingerprint density at radius 1 is 0.886 bits per heavy atom. The molecule has 0 aliphatic carbocycles. The standard InChI is InChI=1S/C26H28F4O5/c1-3-24(32)34-15-7-4-8-19-10-12-21(13-11-19)35-26(29,30)25-22(27)16-20(17-23(25)28)9-5-6-14-33-18(2)31/h3,10-13,16-17H,1,4-9,14-15H2,2H3. The molecule has 0 fully saturated rings. The maximum atomic E-state index is 14.6. The molecule has 35 heavy (non-hydrogen) atoms. The summed E-state index contributed by atoms with van der Waals surface area (Å²) in [4.78, 5) is 21.7. The van der Waals surface area contributed by atoms with E-state index in [1.165, 1.54) is 19.1 Å². The number of aryl methyl sites for hydroxylation is 2. The molecule has 9 heteroatoms. The molecule has 0 aliphatic heterocycles.